The van der Waals surface area contributed by atoms with E-state index in [0.717, 1.165) is 23.2 Å². The highest BCUT2D eigenvalue weighted by molar-refractivity contribution is 6.30. The molecule has 0 aliphatic rings. The lowest BCUT2D eigenvalue weighted by molar-refractivity contribution is 0.0938. The molecule has 1 aromatic heterocycles. The molecule has 0 bridgehead atoms. The summed E-state index contributed by atoms with van der Waals surface area (Å²) in [6.07, 6.45) is 0.727. The molecule has 0 aliphatic heterocycles. The van der Waals surface area contributed by atoms with Gasteiger partial charge in [0.05, 0.1) is 5.69 Å². The molecule has 1 N–H and O–H groups in total. The molecule has 27 heavy (non-hydrogen) atoms. The van der Waals surface area contributed by atoms with Crippen LogP contribution in [-0.2, 0) is 4.74 Å². The van der Waals surface area contributed by atoms with Gasteiger partial charge < -0.3 is 10.1 Å². The third-order valence-electron chi connectivity index (χ3n) is 4.07. The van der Waals surface area contributed by atoms with Crippen LogP contribution in [0.4, 0.5) is 0 Å². The van der Waals surface area contributed by atoms with Crippen LogP contribution in [0.3, 0.4) is 0 Å². The van der Waals surface area contributed by atoms with E-state index in [1.807, 2.05) is 43.3 Å². The fourth-order valence-electron chi connectivity index (χ4n) is 2.66. The zero-order valence-corrected chi connectivity index (χ0v) is 16.0. The van der Waals surface area contributed by atoms with Crippen LogP contribution in [0.15, 0.2) is 48.5 Å². The van der Waals surface area contributed by atoms with Crippen molar-refractivity contribution < 1.29 is 9.53 Å². The van der Waals surface area contributed by atoms with Gasteiger partial charge in [-0.05, 0) is 49.2 Å². The number of benzene rings is 2. The van der Waals surface area contributed by atoms with E-state index in [1.54, 1.807) is 23.9 Å². The Labute approximate surface area is 163 Å². The Bertz CT molecular complexity index is 922. The second kappa shape index (κ2) is 8.79. The van der Waals surface area contributed by atoms with Crippen LogP contribution in [0.25, 0.3) is 17.1 Å². The summed E-state index contributed by atoms with van der Waals surface area (Å²) >= 11 is 6.00. The molecule has 0 spiro atoms. The van der Waals surface area contributed by atoms with Crippen LogP contribution in [0, 0.1) is 6.92 Å². The van der Waals surface area contributed by atoms with Crippen molar-refractivity contribution in [2.45, 2.75) is 13.3 Å². The summed E-state index contributed by atoms with van der Waals surface area (Å²) < 4.78 is 6.69. The van der Waals surface area contributed by atoms with Gasteiger partial charge in [0, 0.05) is 30.8 Å². The fraction of sp³-hybridized carbons (Fsp3) is 0.250. The van der Waals surface area contributed by atoms with Gasteiger partial charge in [-0.15, -0.1) is 5.10 Å². The van der Waals surface area contributed by atoms with Gasteiger partial charge in [-0.2, -0.15) is 0 Å². The number of rotatable bonds is 7. The number of nitrogens with zero attached hydrogens (tertiary/aromatic N) is 3. The van der Waals surface area contributed by atoms with E-state index in [1.165, 1.54) is 0 Å². The summed E-state index contributed by atoms with van der Waals surface area (Å²) in [6, 6.07) is 15.1. The predicted octanol–water partition coefficient (Wildman–Crippen LogP) is 3.66. The van der Waals surface area contributed by atoms with Crippen molar-refractivity contribution in [3.05, 3.63) is 64.9 Å². The highest BCUT2D eigenvalue weighted by Gasteiger charge is 2.19. The standard InChI is InChI=1S/C20H21ClN4O2/c1-14-6-3-4-7-17(14)25-19(15-8-10-16(21)11-9-15)23-18(24-25)20(26)22-12-5-13-27-2/h3-4,6-11H,5,12-13H2,1-2H3,(H,22,26). The first-order chi connectivity index (χ1) is 13.1. The molecule has 3 rings (SSSR count). The van der Waals surface area contributed by atoms with E-state index in [2.05, 4.69) is 15.4 Å². The molecule has 0 saturated carbocycles. The average molecular weight is 385 g/mol. The topological polar surface area (TPSA) is 69.0 Å². The number of halogens is 1. The van der Waals surface area contributed by atoms with Crippen LogP contribution < -0.4 is 5.32 Å². The van der Waals surface area contributed by atoms with Crippen molar-refractivity contribution in [3.63, 3.8) is 0 Å². The molecule has 0 fully saturated rings. The van der Waals surface area contributed by atoms with Gasteiger partial charge >= 0.3 is 0 Å². The van der Waals surface area contributed by atoms with Crippen LogP contribution in [0.5, 0.6) is 0 Å². The molecule has 1 heterocycles. The van der Waals surface area contributed by atoms with Gasteiger partial charge in [0.2, 0.25) is 5.82 Å². The second-order valence-corrected chi connectivity index (χ2v) is 6.50. The first kappa shape index (κ1) is 19.1. The molecular weight excluding hydrogens is 364 g/mol. The molecule has 0 atom stereocenters. The lowest BCUT2D eigenvalue weighted by atomic mass is 10.2. The van der Waals surface area contributed by atoms with E-state index in [4.69, 9.17) is 16.3 Å². The lowest BCUT2D eigenvalue weighted by Gasteiger charge is -2.08. The minimum Gasteiger partial charge on any atom is -0.385 e. The van der Waals surface area contributed by atoms with Crippen LogP contribution >= 0.6 is 11.6 Å². The smallest absolute Gasteiger partial charge is 0.290 e. The molecular formula is C20H21ClN4O2. The molecule has 2 aromatic carbocycles. The van der Waals surface area contributed by atoms with Gasteiger partial charge in [-0.1, -0.05) is 29.8 Å². The highest BCUT2D eigenvalue weighted by Crippen LogP contribution is 2.24. The summed E-state index contributed by atoms with van der Waals surface area (Å²) in [5, 5.41) is 7.93. The molecule has 0 saturated heterocycles. The summed E-state index contributed by atoms with van der Waals surface area (Å²) in [6.45, 7) is 3.08. The van der Waals surface area contributed by atoms with Crippen molar-refractivity contribution >= 4 is 17.5 Å². The number of hydrogen-bond acceptors (Lipinski definition) is 4. The number of methoxy groups -OCH3 is 1. The second-order valence-electron chi connectivity index (χ2n) is 6.07. The van der Waals surface area contributed by atoms with Crippen LogP contribution in [-0.4, -0.2) is 40.9 Å². The minimum absolute atomic E-state index is 0.126. The Balaban J connectivity index is 1.98. The zero-order chi connectivity index (χ0) is 19.2. The molecule has 7 heteroatoms. The Morgan fingerprint density at radius 2 is 1.93 bits per heavy atom. The SMILES string of the molecule is COCCCNC(=O)c1nc(-c2ccc(Cl)cc2)n(-c2ccccc2C)n1. The molecule has 6 nitrogen and oxygen atoms in total. The Hall–Kier alpha value is -2.70. The van der Waals surface area contributed by atoms with Crippen molar-refractivity contribution in [2.75, 3.05) is 20.3 Å². The van der Waals surface area contributed by atoms with E-state index in [0.29, 0.717) is 24.0 Å². The van der Waals surface area contributed by atoms with Gasteiger partial charge in [0.1, 0.15) is 0 Å². The Morgan fingerprint density at radius 1 is 1.19 bits per heavy atom. The maximum Gasteiger partial charge on any atom is 0.290 e. The lowest BCUT2D eigenvalue weighted by Crippen LogP contribution is -2.26. The number of amides is 1. The van der Waals surface area contributed by atoms with Crippen molar-refractivity contribution in [3.8, 4) is 17.1 Å². The average Bonchev–Trinajstić information content (AvgIpc) is 3.11. The maximum absolute atomic E-state index is 12.5. The molecule has 3 aromatic rings. The van der Waals surface area contributed by atoms with Crippen LogP contribution in [0.1, 0.15) is 22.6 Å². The predicted molar refractivity (Wildman–Crippen MR) is 105 cm³/mol. The third kappa shape index (κ3) is 4.53. The summed E-state index contributed by atoms with van der Waals surface area (Å²) in [7, 11) is 1.63. The first-order valence-electron chi connectivity index (χ1n) is 8.66. The summed E-state index contributed by atoms with van der Waals surface area (Å²) in [5.41, 5.74) is 2.73. The van der Waals surface area contributed by atoms with Crippen molar-refractivity contribution in [1.82, 2.24) is 20.1 Å². The monoisotopic (exact) mass is 384 g/mol. The van der Waals surface area contributed by atoms with Gasteiger partial charge in [0.15, 0.2) is 5.82 Å². The number of nitrogens with one attached hydrogen (secondary N) is 1. The zero-order valence-electron chi connectivity index (χ0n) is 15.3. The number of carbonyl (C=O) groups excluding carboxylic acids is 1. The van der Waals surface area contributed by atoms with Gasteiger partial charge in [-0.25, -0.2) is 9.67 Å². The van der Waals surface area contributed by atoms with Gasteiger partial charge in [0.25, 0.3) is 5.91 Å². The highest BCUT2D eigenvalue weighted by atomic mass is 35.5. The van der Waals surface area contributed by atoms with E-state index >= 15 is 0 Å². The molecule has 1 amide bonds. The number of ether oxygens (including phenoxy) is 1. The summed E-state index contributed by atoms with van der Waals surface area (Å²) in [5.74, 6) is 0.400. The van der Waals surface area contributed by atoms with Crippen LogP contribution in [0.2, 0.25) is 5.02 Å². The normalized spacial score (nSPS) is 10.8. The molecule has 0 unspecified atom stereocenters. The van der Waals surface area contributed by atoms with Crippen molar-refractivity contribution in [1.29, 1.82) is 0 Å². The maximum atomic E-state index is 12.5. The summed E-state index contributed by atoms with van der Waals surface area (Å²) in [4.78, 5) is 17.0. The largest absolute Gasteiger partial charge is 0.385 e. The number of aromatic nitrogens is 3. The first-order valence-corrected chi connectivity index (χ1v) is 9.04. The molecule has 0 radical (unpaired) electrons. The minimum atomic E-state index is -0.311. The fourth-order valence-corrected chi connectivity index (χ4v) is 2.79. The van der Waals surface area contributed by atoms with E-state index in [9.17, 15) is 4.79 Å². The Kier molecular flexibility index (Phi) is 6.21. The van der Waals surface area contributed by atoms with E-state index in [-0.39, 0.29) is 11.7 Å². The third-order valence-corrected chi connectivity index (χ3v) is 4.32. The quantitative estimate of drug-likeness (QED) is 0.631. The number of aryl methyl sites for hydroxylation is 1. The van der Waals surface area contributed by atoms with Gasteiger partial charge in [-0.3, -0.25) is 4.79 Å². The molecule has 0 aliphatic carbocycles. The number of hydrogen-bond donors (Lipinski definition) is 1. The van der Waals surface area contributed by atoms with Crippen molar-refractivity contribution in [2.24, 2.45) is 0 Å². The van der Waals surface area contributed by atoms with E-state index < -0.39 is 0 Å². The number of carbonyl (C=O) groups is 1. The Morgan fingerprint density at radius 3 is 2.63 bits per heavy atom. The molecule has 140 valence electrons. The number of para-hydroxylation sites is 1.